The molecule has 0 aliphatic carbocycles. The zero-order valence-electron chi connectivity index (χ0n) is 9.35. The number of aliphatic hydroxyl groups is 1. The maximum absolute atomic E-state index is 12.1. The van der Waals surface area contributed by atoms with Gasteiger partial charge in [-0.05, 0) is 32.4 Å². The highest BCUT2D eigenvalue weighted by molar-refractivity contribution is 4.63. The second kappa shape index (κ2) is 7.06. The molecule has 0 amide bonds. The molecule has 1 N–H and O–H groups in total. The molecule has 0 aromatic heterocycles. The van der Waals surface area contributed by atoms with Crippen LogP contribution in [0.25, 0.3) is 0 Å². The summed E-state index contributed by atoms with van der Waals surface area (Å²) in [6.45, 7) is 3.50. The number of alkyl halides is 3. The minimum atomic E-state index is -4.13. The van der Waals surface area contributed by atoms with Crippen LogP contribution in [0.15, 0.2) is 0 Å². The molecule has 5 heteroatoms. The fourth-order valence-corrected chi connectivity index (χ4v) is 1.36. The summed E-state index contributed by atoms with van der Waals surface area (Å²) in [6, 6.07) is 0. The minimum absolute atomic E-state index is 0.380. The van der Waals surface area contributed by atoms with Gasteiger partial charge in [-0.15, -0.1) is 0 Å². The summed E-state index contributed by atoms with van der Waals surface area (Å²) < 4.78 is 36.2. The zero-order chi connectivity index (χ0) is 11.9. The molecule has 0 radical (unpaired) electrons. The van der Waals surface area contributed by atoms with Crippen molar-refractivity contribution in [2.75, 3.05) is 19.6 Å². The molecule has 0 aromatic carbocycles. The van der Waals surface area contributed by atoms with Gasteiger partial charge in [-0.25, -0.2) is 0 Å². The minimum Gasteiger partial charge on any atom is -0.393 e. The smallest absolute Gasteiger partial charge is 0.393 e. The first-order valence-electron chi connectivity index (χ1n) is 5.36. The van der Waals surface area contributed by atoms with Crippen molar-refractivity contribution in [1.29, 1.82) is 0 Å². The predicted molar refractivity (Wildman–Crippen MR) is 53.7 cm³/mol. The van der Waals surface area contributed by atoms with Gasteiger partial charge in [0.25, 0.3) is 0 Å². The highest BCUT2D eigenvalue weighted by atomic mass is 19.4. The molecule has 0 aromatic rings. The van der Waals surface area contributed by atoms with Gasteiger partial charge in [-0.3, -0.25) is 4.90 Å². The fraction of sp³-hybridized carbons (Fsp3) is 1.00. The van der Waals surface area contributed by atoms with Gasteiger partial charge in [0.15, 0.2) is 0 Å². The highest BCUT2D eigenvalue weighted by Gasteiger charge is 2.29. The van der Waals surface area contributed by atoms with Gasteiger partial charge in [0, 0.05) is 0 Å². The van der Waals surface area contributed by atoms with E-state index in [9.17, 15) is 18.3 Å². The summed E-state index contributed by atoms with van der Waals surface area (Å²) in [5, 5.41) is 9.24. The molecule has 1 atom stereocenters. The normalized spacial score (nSPS) is 14.6. The molecule has 0 saturated carbocycles. The second-order valence-corrected chi connectivity index (χ2v) is 3.69. The van der Waals surface area contributed by atoms with Crippen LogP contribution in [-0.4, -0.2) is 41.9 Å². The molecular formula is C10H20F3NO. The molecule has 0 bridgehead atoms. The SMILES string of the molecule is CCC(O)CCCN(CC)CC(F)(F)F. The van der Waals surface area contributed by atoms with E-state index in [0.717, 1.165) is 0 Å². The van der Waals surface area contributed by atoms with Crippen LogP contribution in [0.3, 0.4) is 0 Å². The molecule has 2 nitrogen and oxygen atoms in total. The topological polar surface area (TPSA) is 23.5 Å². The van der Waals surface area contributed by atoms with Crippen LogP contribution in [0.5, 0.6) is 0 Å². The number of nitrogens with zero attached hydrogens (tertiary/aromatic N) is 1. The van der Waals surface area contributed by atoms with Gasteiger partial charge in [0.05, 0.1) is 12.6 Å². The highest BCUT2D eigenvalue weighted by Crippen LogP contribution is 2.16. The number of halogens is 3. The third-order valence-electron chi connectivity index (χ3n) is 2.33. The maximum atomic E-state index is 12.1. The lowest BCUT2D eigenvalue weighted by molar-refractivity contribution is -0.145. The van der Waals surface area contributed by atoms with Gasteiger partial charge >= 0.3 is 6.18 Å². The van der Waals surface area contributed by atoms with E-state index in [1.54, 1.807) is 6.92 Å². The van der Waals surface area contributed by atoms with Crippen LogP contribution in [0.2, 0.25) is 0 Å². The molecule has 0 fully saturated rings. The van der Waals surface area contributed by atoms with Crippen molar-refractivity contribution in [1.82, 2.24) is 4.90 Å². The Hall–Kier alpha value is -0.290. The van der Waals surface area contributed by atoms with Crippen LogP contribution < -0.4 is 0 Å². The number of hydrogen-bond donors (Lipinski definition) is 1. The number of rotatable bonds is 7. The average Bonchev–Trinajstić information content (AvgIpc) is 2.14. The van der Waals surface area contributed by atoms with Crippen molar-refractivity contribution in [2.24, 2.45) is 0 Å². The lowest BCUT2D eigenvalue weighted by Gasteiger charge is -2.22. The van der Waals surface area contributed by atoms with E-state index in [0.29, 0.717) is 32.4 Å². The molecule has 0 spiro atoms. The Labute approximate surface area is 89.1 Å². The van der Waals surface area contributed by atoms with Crippen molar-refractivity contribution in [2.45, 2.75) is 45.4 Å². The number of hydrogen-bond acceptors (Lipinski definition) is 2. The van der Waals surface area contributed by atoms with Crippen LogP contribution >= 0.6 is 0 Å². The van der Waals surface area contributed by atoms with Crippen molar-refractivity contribution >= 4 is 0 Å². The Morgan fingerprint density at radius 2 is 1.87 bits per heavy atom. The van der Waals surface area contributed by atoms with E-state index in [-0.39, 0.29) is 6.10 Å². The lowest BCUT2D eigenvalue weighted by atomic mass is 10.1. The standard InChI is InChI=1S/C10H20F3NO/c1-3-9(15)6-5-7-14(4-2)8-10(11,12)13/h9,15H,3-8H2,1-2H3. The number of aliphatic hydroxyl groups excluding tert-OH is 1. The van der Waals surface area contributed by atoms with E-state index < -0.39 is 12.7 Å². The van der Waals surface area contributed by atoms with E-state index in [2.05, 4.69) is 0 Å². The predicted octanol–water partition coefficient (Wildman–Crippen LogP) is 2.42. The summed E-state index contributed by atoms with van der Waals surface area (Å²) >= 11 is 0. The van der Waals surface area contributed by atoms with Crippen LogP contribution in [-0.2, 0) is 0 Å². The van der Waals surface area contributed by atoms with Gasteiger partial charge in [0.1, 0.15) is 0 Å². The van der Waals surface area contributed by atoms with E-state index >= 15 is 0 Å². The summed E-state index contributed by atoms with van der Waals surface area (Å²) in [4.78, 5) is 1.35. The molecule has 0 saturated heterocycles. The first-order valence-corrected chi connectivity index (χ1v) is 5.36. The zero-order valence-corrected chi connectivity index (χ0v) is 9.35. The van der Waals surface area contributed by atoms with Crippen molar-refractivity contribution < 1.29 is 18.3 Å². The summed E-state index contributed by atoms with van der Waals surface area (Å²) in [7, 11) is 0. The Balaban J connectivity index is 3.71. The van der Waals surface area contributed by atoms with Gasteiger partial charge in [-0.1, -0.05) is 13.8 Å². The second-order valence-electron chi connectivity index (χ2n) is 3.69. The molecule has 0 aliphatic rings. The Morgan fingerprint density at radius 1 is 1.27 bits per heavy atom. The van der Waals surface area contributed by atoms with Crippen LogP contribution in [0, 0.1) is 0 Å². The Morgan fingerprint density at radius 3 is 2.27 bits per heavy atom. The van der Waals surface area contributed by atoms with E-state index in [4.69, 9.17) is 0 Å². The molecule has 1 unspecified atom stereocenters. The quantitative estimate of drug-likeness (QED) is 0.722. The Kier molecular flexibility index (Phi) is 6.92. The van der Waals surface area contributed by atoms with Crippen molar-refractivity contribution in [3.05, 3.63) is 0 Å². The third-order valence-corrected chi connectivity index (χ3v) is 2.33. The van der Waals surface area contributed by atoms with Gasteiger partial charge in [0.2, 0.25) is 0 Å². The molecular weight excluding hydrogens is 207 g/mol. The molecule has 92 valence electrons. The largest absolute Gasteiger partial charge is 0.401 e. The lowest BCUT2D eigenvalue weighted by Crippen LogP contribution is -2.35. The first kappa shape index (κ1) is 14.7. The van der Waals surface area contributed by atoms with Crippen LogP contribution in [0.4, 0.5) is 13.2 Å². The molecule has 0 rings (SSSR count). The van der Waals surface area contributed by atoms with Crippen molar-refractivity contribution in [3.8, 4) is 0 Å². The van der Waals surface area contributed by atoms with Gasteiger partial charge < -0.3 is 5.11 Å². The average molecular weight is 227 g/mol. The monoisotopic (exact) mass is 227 g/mol. The molecule has 0 heterocycles. The van der Waals surface area contributed by atoms with E-state index in [1.807, 2.05) is 6.92 Å². The van der Waals surface area contributed by atoms with Gasteiger partial charge in [-0.2, -0.15) is 13.2 Å². The fourth-order valence-electron chi connectivity index (χ4n) is 1.36. The molecule has 0 aliphatic heterocycles. The third kappa shape index (κ3) is 8.69. The maximum Gasteiger partial charge on any atom is 0.401 e. The summed E-state index contributed by atoms with van der Waals surface area (Å²) in [5.41, 5.74) is 0. The van der Waals surface area contributed by atoms with Crippen molar-refractivity contribution in [3.63, 3.8) is 0 Å². The Bertz CT molecular complexity index is 161. The van der Waals surface area contributed by atoms with Crippen LogP contribution in [0.1, 0.15) is 33.1 Å². The summed E-state index contributed by atoms with van der Waals surface area (Å²) in [6.07, 6.45) is -2.66. The first-order chi connectivity index (χ1) is 6.89. The summed E-state index contributed by atoms with van der Waals surface area (Å²) in [5.74, 6) is 0. The molecule has 15 heavy (non-hydrogen) atoms. The van der Waals surface area contributed by atoms with E-state index in [1.165, 1.54) is 4.90 Å².